The summed E-state index contributed by atoms with van der Waals surface area (Å²) in [4.78, 5) is 55.6. The molecule has 0 radical (unpaired) electrons. The molecular weight excluding hydrogens is 798 g/mol. The van der Waals surface area contributed by atoms with Gasteiger partial charge in [-0.25, -0.2) is 9.59 Å². The average molecular weight is 847 g/mol. The monoisotopic (exact) mass is 846 g/mol. The summed E-state index contributed by atoms with van der Waals surface area (Å²) >= 11 is 0. The van der Waals surface area contributed by atoms with Gasteiger partial charge in [0.1, 0.15) is 13.2 Å². The van der Waals surface area contributed by atoms with E-state index in [4.69, 9.17) is 9.47 Å². The van der Waals surface area contributed by atoms with E-state index in [9.17, 15) is 45.5 Å². The van der Waals surface area contributed by atoms with E-state index in [0.29, 0.717) is 76.3 Å². The van der Waals surface area contributed by atoms with Gasteiger partial charge in [0, 0.05) is 64.2 Å². The van der Waals surface area contributed by atoms with E-state index in [2.05, 4.69) is 10.6 Å². The Kier molecular flexibility index (Phi) is 10.3. The van der Waals surface area contributed by atoms with Crippen molar-refractivity contribution in [3.8, 4) is 0 Å². The zero-order valence-electron chi connectivity index (χ0n) is 32.9. The second kappa shape index (κ2) is 15.1. The standard InChI is InChI=1S/2C21H24F3N3O3/c2*22-21(23,24)20(6-7-20)15-3-1-13(2-4-15)14-9-27(10-14)19(29)26-8-5-17-16(11-26)25-18(28)12-30-17/h2*1-4,14,16-17H,5-12H2,(H,25,28)/t2*16-,17-/m10/s1. The highest BCUT2D eigenvalue weighted by Gasteiger charge is 2.65. The first-order chi connectivity index (χ1) is 28.5. The topological polar surface area (TPSA) is 124 Å². The van der Waals surface area contributed by atoms with Crippen molar-refractivity contribution < 1.29 is 55.0 Å². The summed E-state index contributed by atoms with van der Waals surface area (Å²) < 4.78 is 90.7. The first-order valence-electron chi connectivity index (χ1n) is 20.8. The molecule has 6 saturated heterocycles. The summed E-state index contributed by atoms with van der Waals surface area (Å²) in [6, 6.07) is 13.0. The number of amides is 6. The van der Waals surface area contributed by atoms with Gasteiger partial charge in [-0.15, -0.1) is 0 Å². The number of carbonyl (C=O) groups is 4. The average Bonchev–Trinajstić information content (AvgIpc) is 4.11. The third-order valence-corrected chi connectivity index (χ3v) is 13.9. The summed E-state index contributed by atoms with van der Waals surface area (Å²) in [5, 5.41) is 5.78. The fraction of sp³-hybridized carbons (Fsp3) is 0.619. The third kappa shape index (κ3) is 7.55. The number of hydrogen-bond acceptors (Lipinski definition) is 6. The molecule has 2 aromatic rings. The van der Waals surface area contributed by atoms with E-state index < -0.39 is 23.2 Å². The molecule has 2 aromatic carbocycles. The fourth-order valence-electron chi connectivity index (χ4n) is 9.71. The Balaban J connectivity index is 0.000000154. The van der Waals surface area contributed by atoms with Crippen molar-refractivity contribution in [1.82, 2.24) is 30.2 Å². The number of carbonyl (C=O) groups excluding carboxylic acids is 4. The minimum Gasteiger partial charge on any atom is -0.366 e. The molecule has 10 rings (SSSR count). The zero-order valence-corrected chi connectivity index (χ0v) is 32.9. The van der Waals surface area contributed by atoms with Crippen molar-refractivity contribution >= 4 is 23.9 Å². The van der Waals surface area contributed by atoms with Crippen LogP contribution in [0, 0.1) is 0 Å². The number of hydrogen-bond donors (Lipinski definition) is 2. The Hall–Kier alpha value is -4.58. The molecular formula is C42H48F6N6O6. The number of morpholine rings is 2. The van der Waals surface area contributed by atoms with Gasteiger partial charge in [0.15, 0.2) is 0 Å². The lowest BCUT2D eigenvalue weighted by molar-refractivity contribution is -0.161. The predicted molar refractivity (Wildman–Crippen MR) is 202 cm³/mol. The van der Waals surface area contributed by atoms with Crippen LogP contribution in [0.2, 0.25) is 0 Å². The molecule has 4 atom stereocenters. The summed E-state index contributed by atoms with van der Waals surface area (Å²) in [7, 11) is 0. The lowest BCUT2D eigenvalue weighted by Crippen LogP contribution is -2.63. The Morgan fingerprint density at radius 3 is 1.22 bits per heavy atom. The van der Waals surface area contributed by atoms with E-state index in [1.54, 1.807) is 68.1 Å². The lowest BCUT2D eigenvalue weighted by Gasteiger charge is -2.46. The van der Waals surface area contributed by atoms with Gasteiger partial charge < -0.3 is 39.7 Å². The molecule has 0 aromatic heterocycles. The molecule has 60 heavy (non-hydrogen) atoms. The van der Waals surface area contributed by atoms with Crippen LogP contribution in [0.25, 0.3) is 0 Å². The molecule has 0 bridgehead atoms. The van der Waals surface area contributed by atoms with Crippen molar-refractivity contribution in [3.05, 3.63) is 70.8 Å². The number of benzene rings is 2. The molecule has 6 heterocycles. The van der Waals surface area contributed by atoms with Crippen molar-refractivity contribution in [3.63, 3.8) is 0 Å². The van der Waals surface area contributed by atoms with Crippen molar-refractivity contribution in [2.75, 3.05) is 65.6 Å². The lowest BCUT2D eigenvalue weighted by atomic mass is 9.88. The Bertz CT molecular complexity index is 1840. The number of nitrogens with one attached hydrogen (secondary N) is 2. The number of fused-ring (bicyclic) bond motifs is 2. The molecule has 18 heteroatoms. The first-order valence-corrected chi connectivity index (χ1v) is 20.8. The van der Waals surface area contributed by atoms with Crippen LogP contribution in [0.15, 0.2) is 48.5 Å². The second-order valence-corrected chi connectivity index (χ2v) is 17.7. The molecule has 6 aliphatic heterocycles. The Labute approximate surface area is 342 Å². The van der Waals surface area contributed by atoms with Gasteiger partial charge in [-0.2, -0.15) is 26.3 Å². The summed E-state index contributed by atoms with van der Waals surface area (Å²) in [5.41, 5.74) is -0.703. The van der Waals surface area contributed by atoms with Gasteiger partial charge in [0.25, 0.3) is 0 Å². The maximum absolute atomic E-state index is 13.3. The first kappa shape index (κ1) is 40.8. The number of nitrogens with zero attached hydrogens (tertiary/aromatic N) is 4. The minimum absolute atomic E-state index is 0.0409. The van der Waals surface area contributed by atoms with Crippen LogP contribution < -0.4 is 10.6 Å². The molecule has 2 saturated carbocycles. The molecule has 6 amide bonds. The van der Waals surface area contributed by atoms with Crippen LogP contribution in [0.5, 0.6) is 0 Å². The highest BCUT2D eigenvalue weighted by atomic mass is 19.4. The number of urea groups is 2. The number of alkyl halides is 6. The normalized spacial score (nSPS) is 28.4. The molecule has 0 unspecified atom stereocenters. The number of likely N-dealkylation sites (tertiary alicyclic amines) is 4. The van der Waals surface area contributed by atoms with Gasteiger partial charge in [0.05, 0.1) is 35.1 Å². The number of halogens is 6. The zero-order chi connectivity index (χ0) is 42.2. The molecule has 2 N–H and O–H groups in total. The van der Waals surface area contributed by atoms with Gasteiger partial charge in [-0.1, -0.05) is 48.5 Å². The van der Waals surface area contributed by atoms with Crippen molar-refractivity contribution in [1.29, 1.82) is 0 Å². The molecule has 12 nitrogen and oxygen atoms in total. The summed E-state index contributed by atoms with van der Waals surface area (Å²) in [6.45, 7) is 4.40. The number of ether oxygens (including phenoxy) is 2. The van der Waals surface area contributed by atoms with E-state index in [1.165, 1.54) is 0 Å². The van der Waals surface area contributed by atoms with Crippen LogP contribution in [-0.2, 0) is 29.9 Å². The van der Waals surface area contributed by atoms with Gasteiger partial charge in [-0.05, 0) is 60.8 Å². The maximum atomic E-state index is 13.3. The van der Waals surface area contributed by atoms with E-state index >= 15 is 0 Å². The maximum Gasteiger partial charge on any atom is 0.398 e. The number of piperidine rings is 2. The van der Waals surface area contributed by atoms with Gasteiger partial charge >= 0.3 is 24.4 Å². The Morgan fingerprint density at radius 2 is 0.900 bits per heavy atom. The number of rotatable bonds is 4. The van der Waals surface area contributed by atoms with Crippen LogP contribution in [0.4, 0.5) is 35.9 Å². The second-order valence-electron chi connectivity index (χ2n) is 17.7. The van der Waals surface area contributed by atoms with E-state index in [0.717, 1.165) is 11.1 Å². The fourth-order valence-corrected chi connectivity index (χ4v) is 9.71. The molecule has 8 aliphatic rings. The molecule has 8 fully saturated rings. The smallest absolute Gasteiger partial charge is 0.366 e. The highest BCUT2D eigenvalue weighted by molar-refractivity contribution is 5.80. The third-order valence-electron chi connectivity index (χ3n) is 13.9. The SMILES string of the molecule is O=C1CO[C@@H]2CCN(C(=O)N3CC(c4ccc(C5(C(F)(F)F)CC5)cc4)C3)C[C@H]2N1.O=C1CO[C@H]2CCN(C(=O)N3CC(c4ccc(C5(C(F)(F)F)CC5)cc4)C3)C[C@@H]2N1. The van der Waals surface area contributed by atoms with Gasteiger partial charge in [-0.3, -0.25) is 9.59 Å². The highest BCUT2D eigenvalue weighted by Crippen LogP contribution is 2.60. The molecule has 324 valence electrons. The van der Waals surface area contributed by atoms with Gasteiger partial charge in [0.2, 0.25) is 11.8 Å². The molecule has 2 aliphatic carbocycles. The van der Waals surface area contributed by atoms with Crippen LogP contribution in [-0.4, -0.2) is 146 Å². The van der Waals surface area contributed by atoms with E-state index in [1.807, 2.05) is 0 Å². The van der Waals surface area contributed by atoms with Crippen LogP contribution >= 0.6 is 0 Å². The van der Waals surface area contributed by atoms with Crippen molar-refractivity contribution in [2.45, 2.75) is 97.8 Å². The van der Waals surface area contributed by atoms with Crippen molar-refractivity contribution in [2.24, 2.45) is 0 Å². The Morgan fingerprint density at radius 1 is 0.550 bits per heavy atom. The molecule has 0 spiro atoms. The summed E-state index contributed by atoms with van der Waals surface area (Å²) in [6.07, 6.45) is -6.48. The van der Waals surface area contributed by atoms with E-state index in [-0.39, 0.29) is 98.9 Å². The largest absolute Gasteiger partial charge is 0.398 e. The predicted octanol–water partition coefficient (Wildman–Crippen LogP) is 4.78. The summed E-state index contributed by atoms with van der Waals surface area (Å²) in [5.74, 6) is -0.0355. The quantitative estimate of drug-likeness (QED) is 0.428. The van der Waals surface area contributed by atoms with Crippen LogP contribution in [0.3, 0.4) is 0 Å². The van der Waals surface area contributed by atoms with Crippen LogP contribution in [0.1, 0.15) is 72.6 Å². The minimum atomic E-state index is -4.20.